The number of benzene rings is 3. The zero-order chi connectivity index (χ0) is 14.1. The minimum Gasteiger partial charge on any atom is -0.113 e. The second-order valence-electron chi connectivity index (χ2n) is 4.60. The SMILES string of the molecule is Clc1ccc(C(Cl)c2cccc3ccccc23)c(Br)c1. The lowest BCUT2D eigenvalue weighted by Gasteiger charge is -2.15. The van der Waals surface area contributed by atoms with Gasteiger partial charge in [0.25, 0.3) is 0 Å². The van der Waals surface area contributed by atoms with Gasteiger partial charge in [0.15, 0.2) is 0 Å². The number of rotatable bonds is 2. The van der Waals surface area contributed by atoms with Gasteiger partial charge < -0.3 is 0 Å². The van der Waals surface area contributed by atoms with E-state index in [4.69, 9.17) is 23.2 Å². The molecular formula is C17H11BrCl2. The summed E-state index contributed by atoms with van der Waals surface area (Å²) in [6, 6.07) is 20.2. The highest BCUT2D eigenvalue weighted by Crippen LogP contribution is 2.38. The third-order valence-electron chi connectivity index (χ3n) is 3.33. The molecular weight excluding hydrogens is 355 g/mol. The molecule has 0 aliphatic rings. The summed E-state index contributed by atoms with van der Waals surface area (Å²) in [4.78, 5) is 0. The molecule has 0 heterocycles. The van der Waals surface area contributed by atoms with Gasteiger partial charge in [-0.3, -0.25) is 0 Å². The van der Waals surface area contributed by atoms with Crippen molar-refractivity contribution >= 4 is 49.9 Å². The van der Waals surface area contributed by atoms with Crippen molar-refractivity contribution in [3.05, 3.63) is 81.3 Å². The van der Waals surface area contributed by atoms with Gasteiger partial charge in [0.05, 0.1) is 5.38 Å². The molecule has 1 atom stereocenters. The lowest BCUT2D eigenvalue weighted by Crippen LogP contribution is -1.95. The Balaban J connectivity index is 2.15. The van der Waals surface area contributed by atoms with Gasteiger partial charge in [-0.15, -0.1) is 11.6 Å². The van der Waals surface area contributed by atoms with Crippen molar-refractivity contribution in [2.75, 3.05) is 0 Å². The van der Waals surface area contributed by atoms with Gasteiger partial charge in [-0.05, 0) is 34.0 Å². The first-order valence-corrected chi connectivity index (χ1v) is 7.84. The lowest BCUT2D eigenvalue weighted by molar-refractivity contribution is 1.15. The highest BCUT2D eigenvalue weighted by molar-refractivity contribution is 9.10. The molecule has 0 saturated carbocycles. The van der Waals surface area contributed by atoms with E-state index in [-0.39, 0.29) is 5.38 Å². The van der Waals surface area contributed by atoms with Crippen LogP contribution < -0.4 is 0 Å². The molecule has 3 aromatic carbocycles. The molecule has 1 unspecified atom stereocenters. The largest absolute Gasteiger partial charge is 0.113 e. The molecule has 0 nitrogen and oxygen atoms in total. The predicted molar refractivity (Wildman–Crippen MR) is 90.8 cm³/mol. The maximum Gasteiger partial charge on any atom is 0.0852 e. The van der Waals surface area contributed by atoms with E-state index in [1.54, 1.807) is 0 Å². The fourth-order valence-corrected chi connectivity index (χ4v) is 3.77. The van der Waals surface area contributed by atoms with E-state index in [0.29, 0.717) is 5.02 Å². The Labute approximate surface area is 136 Å². The smallest absolute Gasteiger partial charge is 0.0852 e. The van der Waals surface area contributed by atoms with Crippen LogP contribution in [0.5, 0.6) is 0 Å². The minimum absolute atomic E-state index is 0.215. The summed E-state index contributed by atoms with van der Waals surface area (Å²) >= 11 is 16.2. The standard InChI is InChI=1S/C17H11BrCl2/c18-16-10-12(19)8-9-15(16)17(20)14-7-3-5-11-4-1-2-6-13(11)14/h1-10,17H. The van der Waals surface area contributed by atoms with Crippen LogP contribution in [0.3, 0.4) is 0 Å². The quantitative estimate of drug-likeness (QED) is 0.449. The number of hydrogen-bond donors (Lipinski definition) is 0. The average Bonchev–Trinajstić information content (AvgIpc) is 2.46. The Hall–Kier alpha value is -1.02. The molecule has 3 rings (SSSR count). The zero-order valence-corrected chi connectivity index (χ0v) is 13.6. The van der Waals surface area contributed by atoms with E-state index in [0.717, 1.165) is 15.6 Å². The van der Waals surface area contributed by atoms with E-state index < -0.39 is 0 Å². The van der Waals surface area contributed by atoms with Crippen molar-refractivity contribution in [2.45, 2.75) is 5.38 Å². The van der Waals surface area contributed by atoms with E-state index in [9.17, 15) is 0 Å². The summed E-state index contributed by atoms with van der Waals surface area (Å²) in [5.74, 6) is 0. The molecule has 0 N–H and O–H groups in total. The summed E-state index contributed by atoms with van der Waals surface area (Å²) < 4.78 is 0.929. The van der Waals surface area contributed by atoms with Gasteiger partial charge >= 0.3 is 0 Å². The molecule has 100 valence electrons. The first kappa shape index (κ1) is 13.9. The van der Waals surface area contributed by atoms with E-state index in [2.05, 4.69) is 40.2 Å². The molecule has 0 spiro atoms. The second kappa shape index (κ2) is 5.77. The Morgan fingerprint density at radius 3 is 2.40 bits per heavy atom. The molecule has 3 heteroatoms. The molecule has 0 aliphatic carbocycles. The highest BCUT2D eigenvalue weighted by Gasteiger charge is 2.16. The van der Waals surface area contributed by atoms with Crippen LogP contribution >= 0.6 is 39.1 Å². The third kappa shape index (κ3) is 2.58. The van der Waals surface area contributed by atoms with Crippen molar-refractivity contribution in [1.29, 1.82) is 0 Å². The average molecular weight is 366 g/mol. The Morgan fingerprint density at radius 2 is 1.60 bits per heavy atom. The molecule has 0 aliphatic heterocycles. The van der Waals surface area contributed by atoms with Crippen LogP contribution in [-0.2, 0) is 0 Å². The fraction of sp³-hybridized carbons (Fsp3) is 0.0588. The first-order chi connectivity index (χ1) is 9.66. The van der Waals surface area contributed by atoms with Gasteiger partial charge in [0, 0.05) is 9.50 Å². The van der Waals surface area contributed by atoms with Gasteiger partial charge in [-0.2, -0.15) is 0 Å². The second-order valence-corrected chi connectivity index (χ2v) is 6.32. The summed E-state index contributed by atoms with van der Waals surface area (Å²) in [5.41, 5.74) is 2.13. The summed E-state index contributed by atoms with van der Waals surface area (Å²) in [5, 5.41) is 2.85. The molecule has 0 radical (unpaired) electrons. The van der Waals surface area contributed by atoms with Crippen LogP contribution in [0.25, 0.3) is 10.8 Å². The normalized spacial score (nSPS) is 12.6. The van der Waals surface area contributed by atoms with Gasteiger partial charge in [0.2, 0.25) is 0 Å². The van der Waals surface area contributed by atoms with Crippen LogP contribution in [-0.4, -0.2) is 0 Å². The van der Waals surface area contributed by atoms with Crippen LogP contribution in [0.2, 0.25) is 5.02 Å². The van der Waals surface area contributed by atoms with E-state index in [1.807, 2.05) is 36.4 Å². The Kier molecular flexibility index (Phi) is 4.02. The van der Waals surface area contributed by atoms with Crippen molar-refractivity contribution in [2.24, 2.45) is 0 Å². The third-order valence-corrected chi connectivity index (χ3v) is 4.72. The van der Waals surface area contributed by atoms with E-state index >= 15 is 0 Å². The zero-order valence-electron chi connectivity index (χ0n) is 10.5. The molecule has 0 aromatic heterocycles. The number of hydrogen-bond acceptors (Lipinski definition) is 0. The van der Waals surface area contributed by atoms with E-state index in [1.165, 1.54) is 10.8 Å². The Bertz CT molecular complexity index is 763. The molecule has 0 fully saturated rings. The predicted octanol–water partition coefficient (Wildman–Crippen LogP) is 6.58. The lowest BCUT2D eigenvalue weighted by atomic mass is 9.98. The molecule has 0 amide bonds. The topological polar surface area (TPSA) is 0 Å². The molecule has 3 aromatic rings. The Morgan fingerprint density at radius 1 is 0.850 bits per heavy atom. The van der Waals surface area contributed by atoms with Gasteiger partial charge in [-0.1, -0.05) is 76.1 Å². The molecule has 0 saturated heterocycles. The molecule has 20 heavy (non-hydrogen) atoms. The first-order valence-electron chi connectivity index (χ1n) is 6.23. The number of halogens is 3. The van der Waals surface area contributed by atoms with Crippen molar-refractivity contribution in [3.63, 3.8) is 0 Å². The molecule has 0 bridgehead atoms. The highest BCUT2D eigenvalue weighted by atomic mass is 79.9. The maximum atomic E-state index is 6.70. The van der Waals surface area contributed by atoms with Crippen LogP contribution in [0, 0.1) is 0 Å². The van der Waals surface area contributed by atoms with Crippen molar-refractivity contribution < 1.29 is 0 Å². The summed E-state index contributed by atoms with van der Waals surface area (Å²) in [6.07, 6.45) is 0. The summed E-state index contributed by atoms with van der Waals surface area (Å²) in [6.45, 7) is 0. The maximum absolute atomic E-state index is 6.70. The van der Waals surface area contributed by atoms with Crippen LogP contribution in [0.15, 0.2) is 65.1 Å². The fourth-order valence-electron chi connectivity index (χ4n) is 2.35. The van der Waals surface area contributed by atoms with Crippen LogP contribution in [0.1, 0.15) is 16.5 Å². The number of fused-ring (bicyclic) bond motifs is 1. The number of alkyl halides is 1. The minimum atomic E-state index is -0.215. The van der Waals surface area contributed by atoms with Crippen LogP contribution in [0.4, 0.5) is 0 Å². The van der Waals surface area contributed by atoms with Crippen molar-refractivity contribution in [1.82, 2.24) is 0 Å². The summed E-state index contributed by atoms with van der Waals surface area (Å²) in [7, 11) is 0. The monoisotopic (exact) mass is 364 g/mol. The van der Waals surface area contributed by atoms with Gasteiger partial charge in [-0.25, -0.2) is 0 Å². The van der Waals surface area contributed by atoms with Crippen molar-refractivity contribution in [3.8, 4) is 0 Å². The van der Waals surface area contributed by atoms with Gasteiger partial charge in [0.1, 0.15) is 0 Å².